The maximum atomic E-state index is 12.5. The van der Waals surface area contributed by atoms with Gasteiger partial charge in [0, 0.05) is 12.5 Å². The highest BCUT2D eigenvalue weighted by atomic mass is 19.4. The Bertz CT molecular complexity index is 594. The predicted octanol–water partition coefficient (Wildman–Crippen LogP) is 3.53. The van der Waals surface area contributed by atoms with Crippen molar-refractivity contribution in [1.29, 1.82) is 0 Å². The number of hydrogen-bond donors (Lipinski definition) is 2. The number of halogens is 3. The van der Waals surface area contributed by atoms with E-state index in [9.17, 15) is 18.3 Å². The van der Waals surface area contributed by atoms with Gasteiger partial charge in [0.05, 0.1) is 12.2 Å². The Hall–Kier alpha value is -2.21. The first kappa shape index (κ1) is 16.2. The molecule has 0 aromatic heterocycles. The smallest absolute Gasteiger partial charge is 0.416 e. The van der Waals surface area contributed by atoms with E-state index in [-0.39, 0.29) is 24.8 Å². The summed E-state index contributed by atoms with van der Waals surface area (Å²) < 4.78 is 43.2. The second-order valence-electron chi connectivity index (χ2n) is 4.86. The van der Waals surface area contributed by atoms with Gasteiger partial charge in [0.2, 0.25) is 0 Å². The normalized spacial score (nSPS) is 12.9. The van der Waals surface area contributed by atoms with Crippen LogP contribution in [0, 0.1) is 0 Å². The minimum atomic E-state index is -4.35. The van der Waals surface area contributed by atoms with Crippen molar-refractivity contribution < 1.29 is 23.0 Å². The molecule has 118 valence electrons. The van der Waals surface area contributed by atoms with Gasteiger partial charge < -0.3 is 15.6 Å². The van der Waals surface area contributed by atoms with E-state index in [0.717, 1.165) is 12.1 Å². The number of phenolic OH excluding ortho intramolecular Hbond substituents is 1. The van der Waals surface area contributed by atoms with Crippen molar-refractivity contribution in [2.24, 2.45) is 5.73 Å². The van der Waals surface area contributed by atoms with Crippen molar-refractivity contribution in [1.82, 2.24) is 0 Å². The molecule has 3 N–H and O–H groups in total. The molecule has 6 heteroatoms. The molecular formula is C16H16F3NO2. The first-order valence-corrected chi connectivity index (χ1v) is 6.69. The Morgan fingerprint density at radius 3 is 2.09 bits per heavy atom. The number of aromatic hydroxyl groups is 1. The second kappa shape index (κ2) is 6.70. The Morgan fingerprint density at radius 1 is 1.00 bits per heavy atom. The van der Waals surface area contributed by atoms with Gasteiger partial charge in [-0.2, -0.15) is 13.2 Å². The molecule has 0 aliphatic carbocycles. The molecular weight excluding hydrogens is 295 g/mol. The Labute approximate surface area is 126 Å². The van der Waals surface area contributed by atoms with Gasteiger partial charge in [-0.1, -0.05) is 12.1 Å². The zero-order valence-corrected chi connectivity index (χ0v) is 11.7. The van der Waals surface area contributed by atoms with Gasteiger partial charge in [-0.05, 0) is 42.0 Å². The van der Waals surface area contributed by atoms with Crippen LogP contribution >= 0.6 is 0 Å². The molecule has 1 unspecified atom stereocenters. The van der Waals surface area contributed by atoms with Crippen molar-refractivity contribution in [3.8, 4) is 11.5 Å². The van der Waals surface area contributed by atoms with Gasteiger partial charge >= 0.3 is 6.18 Å². The minimum absolute atomic E-state index is 0.130. The summed E-state index contributed by atoms with van der Waals surface area (Å²) in [4.78, 5) is 0. The second-order valence-corrected chi connectivity index (χ2v) is 4.86. The maximum Gasteiger partial charge on any atom is 0.416 e. The number of ether oxygens (including phenoxy) is 1. The molecule has 1 atom stereocenters. The quantitative estimate of drug-likeness (QED) is 0.888. The summed E-state index contributed by atoms with van der Waals surface area (Å²) >= 11 is 0. The molecule has 0 aliphatic heterocycles. The predicted molar refractivity (Wildman–Crippen MR) is 76.8 cm³/mol. The Morgan fingerprint density at radius 2 is 1.59 bits per heavy atom. The maximum absolute atomic E-state index is 12.5. The molecule has 0 heterocycles. The molecule has 0 amide bonds. The van der Waals surface area contributed by atoms with E-state index in [2.05, 4.69) is 0 Å². The molecule has 3 nitrogen and oxygen atoms in total. The summed E-state index contributed by atoms with van der Waals surface area (Å²) in [6.07, 6.45) is -4.35. The van der Waals surface area contributed by atoms with Crippen LogP contribution in [-0.2, 0) is 6.18 Å². The minimum Gasteiger partial charge on any atom is -0.508 e. The van der Waals surface area contributed by atoms with E-state index in [1.165, 1.54) is 24.3 Å². The lowest BCUT2D eigenvalue weighted by atomic mass is 9.99. The Kier molecular flexibility index (Phi) is 4.92. The lowest BCUT2D eigenvalue weighted by Gasteiger charge is -2.17. The average Bonchev–Trinajstić information content (AvgIpc) is 2.49. The van der Waals surface area contributed by atoms with Crippen molar-refractivity contribution in [2.45, 2.75) is 12.1 Å². The van der Waals surface area contributed by atoms with Gasteiger partial charge in [0.15, 0.2) is 0 Å². The van der Waals surface area contributed by atoms with Crippen molar-refractivity contribution in [2.75, 3.05) is 13.2 Å². The van der Waals surface area contributed by atoms with Gasteiger partial charge in [-0.25, -0.2) is 0 Å². The van der Waals surface area contributed by atoms with Crippen LogP contribution in [0.3, 0.4) is 0 Å². The van der Waals surface area contributed by atoms with Crippen LogP contribution in [0.4, 0.5) is 13.2 Å². The molecule has 0 aliphatic rings. The molecule has 0 bridgehead atoms. The highest BCUT2D eigenvalue weighted by Gasteiger charge is 2.30. The molecule has 0 radical (unpaired) electrons. The van der Waals surface area contributed by atoms with Crippen LogP contribution < -0.4 is 10.5 Å². The molecule has 0 fully saturated rings. The van der Waals surface area contributed by atoms with Gasteiger partial charge in [0.1, 0.15) is 11.5 Å². The van der Waals surface area contributed by atoms with Crippen LogP contribution in [0.15, 0.2) is 48.5 Å². The number of nitrogens with two attached hydrogens (primary N) is 1. The summed E-state index contributed by atoms with van der Waals surface area (Å²) in [7, 11) is 0. The van der Waals surface area contributed by atoms with E-state index in [0.29, 0.717) is 11.3 Å². The third-order valence-electron chi connectivity index (χ3n) is 3.28. The van der Waals surface area contributed by atoms with Crippen molar-refractivity contribution in [3.63, 3.8) is 0 Å². The first-order valence-electron chi connectivity index (χ1n) is 6.69. The summed E-state index contributed by atoms with van der Waals surface area (Å²) in [6.45, 7) is 0.496. The zero-order valence-electron chi connectivity index (χ0n) is 11.7. The number of alkyl halides is 3. The zero-order chi connectivity index (χ0) is 16.2. The molecule has 2 aromatic rings. The summed E-state index contributed by atoms with van der Waals surface area (Å²) in [5.74, 6) is 0.477. The summed E-state index contributed by atoms with van der Waals surface area (Å²) in [6, 6.07) is 11.1. The summed E-state index contributed by atoms with van der Waals surface area (Å²) in [5, 5.41) is 9.18. The number of benzene rings is 2. The van der Waals surface area contributed by atoms with E-state index >= 15 is 0 Å². The van der Waals surface area contributed by atoms with Crippen LogP contribution in [-0.4, -0.2) is 18.3 Å². The standard InChI is InChI=1S/C16H16F3NO2/c17-16(18,19)13-3-1-11(2-4-13)12(9-20)10-22-15-7-5-14(21)6-8-15/h1-8,12,21H,9-10,20H2. The first-order chi connectivity index (χ1) is 10.4. The monoisotopic (exact) mass is 311 g/mol. The van der Waals surface area contributed by atoms with E-state index in [1.807, 2.05) is 0 Å². The molecule has 0 spiro atoms. The van der Waals surface area contributed by atoms with E-state index < -0.39 is 11.7 Å². The van der Waals surface area contributed by atoms with Crippen molar-refractivity contribution in [3.05, 3.63) is 59.7 Å². The van der Waals surface area contributed by atoms with Gasteiger partial charge in [-0.3, -0.25) is 0 Å². The number of hydrogen-bond acceptors (Lipinski definition) is 3. The summed E-state index contributed by atoms with van der Waals surface area (Å²) in [5.41, 5.74) is 5.68. The highest BCUT2D eigenvalue weighted by molar-refractivity contribution is 5.31. The lowest BCUT2D eigenvalue weighted by molar-refractivity contribution is -0.137. The molecule has 2 rings (SSSR count). The molecule has 0 saturated heterocycles. The molecule has 22 heavy (non-hydrogen) atoms. The highest BCUT2D eigenvalue weighted by Crippen LogP contribution is 2.30. The number of rotatable bonds is 5. The average molecular weight is 311 g/mol. The molecule has 0 saturated carbocycles. The van der Waals surface area contributed by atoms with Crippen LogP contribution in [0.2, 0.25) is 0 Å². The molecule has 2 aromatic carbocycles. The third-order valence-corrected chi connectivity index (χ3v) is 3.28. The fraction of sp³-hybridized carbons (Fsp3) is 0.250. The number of phenols is 1. The third kappa shape index (κ3) is 4.14. The van der Waals surface area contributed by atoms with Crippen LogP contribution in [0.5, 0.6) is 11.5 Å². The van der Waals surface area contributed by atoms with E-state index in [1.54, 1.807) is 12.1 Å². The van der Waals surface area contributed by atoms with E-state index in [4.69, 9.17) is 10.5 Å². The van der Waals surface area contributed by atoms with Gasteiger partial charge in [0.25, 0.3) is 0 Å². The Balaban J connectivity index is 2.03. The fourth-order valence-corrected chi connectivity index (χ4v) is 1.98. The topological polar surface area (TPSA) is 55.5 Å². The lowest BCUT2D eigenvalue weighted by Crippen LogP contribution is -2.20. The van der Waals surface area contributed by atoms with Crippen molar-refractivity contribution >= 4 is 0 Å². The fourth-order valence-electron chi connectivity index (χ4n) is 1.98. The largest absolute Gasteiger partial charge is 0.508 e. The van der Waals surface area contributed by atoms with Crippen LogP contribution in [0.25, 0.3) is 0 Å². The van der Waals surface area contributed by atoms with Gasteiger partial charge in [-0.15, -0.1) is 0 Å². The van der Waals surface area contributed by atoms with Crippen LogP contribution in [0.1, 0.15) is 17.0 Å². The SMILES string of the molecule is NCC(COc1ccc(O)cc1)c1ccc(C(F)(F)F)cc1.